The van der Waals surface area contributed by atoms with E-state index in [1.165, 1.54) is 5.56 Å². The molecule has 2 rings (SSSR count). The maximum atomic E-state index is 5.64. The Morgan fingerprint density at radius 1 is 1.04 bits per heavy atom. The molecule has 0 heterocycles. The van der Waals surface area contributed by atoms with Crippen molar-refractivity contribution in [3.63, 3.8) is 0 Å². The molecular weight excluding hydrogens is 318 g/mol. The summed E-state index contributed by atoms with van der Waals surface area (Å²) in [6, 6.07) is 18.2. The summed E-state index contributed by atoms with van der Waals surface area (Å²) in [5.41, 5.74) is 2.17. The van der Waals surface area contributed by atoms with E-state index >= 15 is 0 Å². The second-order valence-corrected chi connectivity index (χ2v) is 6.26. The third-order valence-electron chi connectivity index (χ3n) is 3.64. The van der Waals surface area contributed by atoms with Gasteiger partial charge in [0.2, 0.25) is 0 Å². The first-order valence-electron chi connectivity index (χ1n) is 7.97. The molecule has 0 amide bonds. The van der Waals surface area contributed by atoms with Crippen LogP contribution in [-0.2, 0) is 6.54 Å². The van der Waals surface area contributed by atoms with Crippen molar-refractivity contribution in [3.8, 4) is 5.75 Å². The zero-order chi connectivity index (χ0) is 17.4. The number of nitrogens with zero attached hydrogens (tertiary/aromatic N) is 2. The maximum Gasteiger partial charge on any atom is 0.173 e. The Hall–Kier alpha value is -2.11. The Balaban J connectivity index is 2.07. The molecule has 0 bridgehead atoms. The van der Waals surface area contributed by atoms with E-state index in [0.29, 0.717) is 5.11 Å². The SMILES string of the molecule is COc1cccc(NC(=S)N(CCN(C)C)Cc2ccccc2)c1. The normalized spacial score (nSPS) is 10.5. The van der Waals surface area contributed by atoms with Gasteiger partial charge in [-0.3, -0.25) is 0 Å². The highest BCUT2D eigenvalue weighted by atomic mass is 32.1. The quantitative estimate of drug-likeness (QED) is 0.777. The first-order valence-corrected chi connectivity index (χ1v) is 8.38. The molecule has 0 atom stereocenters. The molecule has 0 spiro atoms. The fourth-order valence-electron chi connectivity index (χ4n) is 2.28. The van der Waals surface area contributed by atoms with E-state index in [0.717, 1.165) is 31.1 Å². The average Bonchev–Trinajstić information content (AvgIpc) is 2.59. The zero-order valence-corrected chi connectivity index (χ0v) is 15.3. The van der Waals surface area contributed by atoms with Crippen molar-refractivity contribution in [2.45, 2.75) is 6.54 Å². The molecule has 0 aromatic heterocycles. The molecule has 4 nitrogen and oxygen atoms in total. The highest BCUT2D eigenvalue weighted by Gasteiger charge is 2.11. The number of ether oxygens (including phenoxy) is 1. The number of anilines is 1. The first kappa shape index (κ1) is 18.2. The summed E-state index contributed by atoms with van der Waals surface area (Å²) in [6.45, 7) is 2.58. The minimum absolute atomic E-state index is 0.717. The molecule has 0 unspecified atom stereocenters. The zero-order valence-electron chi connectivity index (χ0n) is 14.5. The number of nitrogens with one attached hydrogen (secondary N) is 1. The van der Waals surface area contributed by atoms with Crippen LogP contribution < -0.4 is 10.1 Å². The molecule has 24 heavy (non-hydrogen) atoms. The van der Waals surface area contributed by atoms with E-state index in [1.807, 2.05) is 30.3 Å². The molecule has 0 aliphatic heterocycles. The van der Waals surface area contributed by atoms with Crippen LogP contribution in [-0.4, -0.2) is 49.2 Å². The van der Waals surface area contributed by atoms with Gasteiger partial charge in [-0.1, -0.05) is 36.4 Å². The summed E-state index contributed by atoms with van der Waals surface area (Å²) in [6.07, 6.45) is 0. The summed E-state index contributed by atoms with van der Waals surface area (Å²) in [5.74, 6) is 0.811. The number of rotatable bonds is 7. The van der Waals surface area contributed by atoms with E-state index in [1.54, 1.807) is 7.11 Å². The van der Waals surface area contributed by atoms with Crippen LogP contribution in [0.2, 0.25) is 0 Å². The lowest BCUT2D eigenvalue weighted by Gasteiger charge is -2.27. The highest BCUT2D eigenvalue weighted by molar-refractivity contribution is 7.80. The standard InChI is InChI=1S/C19H25N3OS/c1-21(2)12-13-22(15-16-8-5-4-6-9-16)19(24)20-17-10-7-11-18(14-17)23-3/h4-11,14H,12-13,15H2,1-3H3,(H,20,24). The van der Waals surface area contributed by atoms with E-state index in [2.05, 4.69) is 53.5 Å². The van der Waals surface area contributed by atoms with E-state index in [9.17, 15) is 0 Å². The highest BCUT2D eigenvalue weighted by Crippen LogP contribution is 2.17. The predicted octanol–water partition coefficient (Wildman–Crippen LogP) is 3.46. The van der Waals surface area contributed by atoms with Gasteiger partial charge in [-0.15, -0.1) is 0 Å². The van der Waals surface area contributed by atoms with Crippen LogP contribution in [0, 0.1) is 0 Å². The van der Waals surface area contributed by atoms with Crippen molar-refractivity contribution in [3.05, 3.63) is 60.2 Å². The lowest BCUT2D eigenvalue weighted by molar-refractivity contribution is 0.328. The Morgan fingerprint density at radius 3 is 2.46 bits per heavy atom. The van der Waals surface area contributed by atoms with Crippen LogP contribution in [0.5, 0.6) is 5.75 Å². The average molecular weight is 343 g/mol. The third-order valence-corrected chi connectivity index (χ3v) is 4.00. The Kier molecular flexibility index (Phi) is 7.03. The van der Waals surface area contributed by atoms with Gasteiger partial charge in [0, 0.05) is 31.4 Å². The molecule has 0 aliphatic carbocycles. The van der Waals surface area contributed by atoms with Crippen molar-refractivity contribution in [2.24, 2.45) is 0 Å². The maximum absolute atomic E-state index is 5.64. The van der Waals surface area contributed by atoms with Crippen LogP contribution >= 0.6 is 12.2 Å². The van der Waals surface area contributed by atoms with E-state index < -0.39 is 0 Å². The largest absolute Gasteiger partial charge is 0.497 e. The molecule has 1 N–H and O–H groups in total. The summed E-state index contributed by atoms with van der Waals surface area (Å²) in [5, 5.41) is 4.04. The Morgan fingerprint density at radius 2 is 1.79 bits per heavy atom. The monoisotopic (exact) mass is 343 g/mol. The lowest BCUT2D eigenvalue weighted by atomic mass is 10.2. The van der Waals surface area contributed by atoms with Gasteiger partial charge in [-0.2, -0.15) is 0 Å². The number of hydrogen-bond donors (Lipinski definition) is 1. The first-order chi connectivity index (χ1) is 11.6. The van der Waals surface area contributed by atoms with Gasteiger partial charge in [0.15, 0.2) is 5.11 Å². The van der Waals surface area contributed by atoms with Gasteiger partial charge in [0.05, 0.1) is 7.11 Å². The molecule has 2 aromatic carbocycles. The molecule has 0 fully saturated rings. The van der Waals surface area contributed by atoms with Crippen molar-refractivity contribution >= 4 is 23.0 Å². The van der Waals surface area contributed by atoms with Crippen LogP contribution in [0.15, 0.2) is 54.6 Å². The van der Waals surface area contributed by atoms with Gasteiger partial charge >= 0.3 is 0 Å². The van der Waals surface area contributed by atoms with Crippen LogP contribution in [0.25, 0.3) is 0 Å². The van der Waals surface area contributed by atoms with Gasteiger partial charge in [0.1, 0.15) is 5.75 Å². The smallest absolute Gasteiger partial charge is 0.173 e. The Bertz CT molecular complexity index is 646. The second kappa shape index (κ2) is 9.25. The van der Waals surface area contributed by atoms with E-state index in [4.69, 9.17) is 17.0 Å². The fourth-order valence-corrected chi connectivity index (χ4v) is 2.55. The fraction of sp³-hybridized carbons (Fsp3) is 0.316. The van der Waals surface area contributed by atoms with Crippen molar-refractivity contribution in [1.29, 1.82) is 0 Å². The molecular formula is C19H25N3OS. The van der Waals surface area contributed by atoms with Crippen LogP contribution in [0.4, 0.5) is 5.69 Å². The van der Waals surface area contributed by atoms with Gasteiger partial charge in [-0.05, 0) is 44.0 Å². The van der Waals surface area contributed by atoms with Crippen molar-refractivity contribution < 1.29 is 4.74 Å². The number of benzene rings is 2. The number of hydrogen-bond acceptors (Lipinski definition) is 3. The summed E-state index contributed by atoms with van der Waals surface area (Å²) in [4.78, 5) is 4.34. The molecule has 0 aliphatic rings. The molecule has 5 heteroatoms. The van der Waals surface area contributed by atoms with Crippen LogP contribution in [0.3, 0.4) is 0 Å². The second-order valence-electron chi connectivity index (χ2n) is 5.87. The summed E-state index contributed by atoms with van der Waals surface area (Å²) < 4.78 is 5.27. The van der Waals surface area contributed by atoms with E-state index in [-0.39, 0.29) is 0 Å². The minimum Gasteiger partial charge on any atom is -0.497 e. The number of thiocarbonyl (C=S) groups is 1. The van der Waals surface area contributed by atoms with Crippen molar-refractivity contribution in [1.82, 2.24) is 9.80 Å². The van der Waals surface area contributed by atoms with Crippen molar-refractivity contribution in [2.75, 3.05) is 39.6 Å². The molecule has 0 saturated heterocycles. The third kappa shape index (κ3) is 5.83. The van der Waals surface area contributed by atoms with Gasteiger partial charge in [-0.25, -0.2) is 0 Å². The lowest BCUT2D eigenvalue weighted by Crippen LogP contribution is -2.38. The number of methoxy groups -OCH3 is 1. The van der Waals surface area contributed by atoms with Crippen LogP contribution in [0.1, 0.15) is 5.56 Å². The topological polar surface area (TPSA) is 27.7 Å². The molecule has 0 radical (unpaired) electrons. The summed E-state index contributed by atoms with van der Waals surface area (Å²) >= 11 is 5.64. The predicted molar refractivity (Wildman–Crippen MR) is 105 cm³/mol. The van der Waals surface area contributed by atoms with Gasteiger partial charge < -0.3 is 19.9 Å². The number of likely N-dealkylation sites (N-methyl/N-ethyl adjacent to an activating group) is 1. The molecule has 0 saturated carbocycles. The summed E-state index contributed by atoms with van der Waals surface area (Å²) in [7, 11) is 5.80. The molecule has 2 aromatic rings. The van der Waals surface area contributed by atoms with Gasteiger partial charge in [0.25, 0.3) is 0 Å². The molecule has 128 valence electrons. The Labute approximate surface area is 150 Å². The minimum atomic E-state index is 0.717.